The highest BCUT2D eigenvalue weighted by molar-refractivity contribution is 5.73. The molecule has 17 heavy (non-hydrogen) atoms. The van der Waals surface area contributed by atoms with Crippen LogP contribution >= 0.6 is 0 Å². The quantitative estimate of drug-likeness (QED) is 0.730. The predicted molar refractivity (Wildman–Crippen MR) is 68.8 cm³/mol. The number of carbonyl (C=O) groups excluding carboxylic acids is 1. The van der Waals surface area contributed by atoms with Crippen molar-refractivity contribution in [1.82, 2.24) is 10.2 Å². The molecule has 0 aromatic rings. The summed E-state index contributed by atoms with van der Waals surface area (Å²) in [7, 11) is 0. The maximum Gasteiger partial charge on any atom is 0.217 e. The SMILES string of the molecule is CCCN1CC(CCCO)CC(NC(C)=O)C1. The van der Waals surface area contributed by atoms with Gasteiger partial charge in [0.1, 0.15) is 0 Å². The Hall–Kier alpha value is -0.610. The number of nitrogens with zero attached hydrogens (tertiary/aromatic N) is 1. The molecule has 0 bridgehead atoms. The van der Waals surface area contributed by atoms with E-state index in [0.29, 0.717) is 5.92 Å². The molecule has 0 aromatic heterocycles. The fourth-order valence-corrected chi connectivity index (χ4v) is 2.78. The van der Waals surface area contributed by atoms with Gasteiger partial charge in [0.25, 0.3) is 0 Å². The van der Waals surface area contributed by atoms with E-state index in [-0.39, 0.29) is 18.6 Å². The molecule has 0 saturated carbocycles. The van der Waals surface area contributed by atoms with E-state index < -0.39 is 0 Å². The van der Waals surface area contributed by atoms with Crippen LogP contribution < -0.4 is 5.32 Å². The summed E-state index contributed by atoms with van der Waals surface area (Å²) in [6, 6.07) is 0.288. The number of aliphatic hydroxyl groups excluding tert-OH is 1. The molecular formula is C13H26N2O2. The topological polar surface area (TPSA) is 52.6 Å². The molecule has 0 aliphatic carbocycles. The molecule has 100 valence electrons. The first-order valence-corrected chi connectivity index (χ1v) is 6.76. The van der Waals surface area contributed by atoms with Crippen molar-refractivity contribution in [3.8, 4) is 0 Å². The van der Waals surface area contributed by atoms with Crippen molar-refractivity contribution in [3.63, 3.8) is 0 Å². The molecule has 0 spiro atoms. The van der Waals surface area contributed by atoms with Crippen molar-refractivity contribution in [2.24, 2.45) is 5.92 Å². The van der Waals surface area contributed by atoms with Gasteiger partial charge in [-0.1, -0.05) is 6.92 Å². The molecule has 4 nitrogen and oxygen atoms in total. The van der Waals surface area contributed by atoms with Gasteiger partial charge in [-0.3, -0.25) is 4.79 Å². The Balaban J connectivity index is 2.46. The van der Waals surface area contributed by atoms with Crippen molar-refractivity contribution in [2.75, 3.05) is 26.2 Å². The van der Waals surface area contributed by atoms with Gasteiger partial charge in [0.2, 0.25) is 5.91 Å². The van der Waals surface area contributed by atoms with Crippen molar-refractivity contribution in [3.05, 3.63) is 0 Å². The molecule has 1 fully saturated rings. The highest BCUT2D eigenvalue weighted by Gasteiger charge is 2.26. The molecule has 4 heteroatoms. The van der Waals surface area contributed by atoms with Crippen molar-refractivity contribution in [2.45, 2.75) is 45.6 Å². The second-order valence-corrected chi connectivity index (χ2v) is 5.12. The number of piperidine rings is 1. The lowest BCUT2D eigenvalue weighted by atomic mass is 9.90. The summed E-state index contributed by atoms with van der Waals surface area (Å²) in [5.41, 5.74) is 0. The first-order chi connectivity index (χ1) is 8.15. The van der Waals surface area contributed by atoms with Crippen LogP contribution in [0.1, 0.15) is 39.5 Å². The summed E-state index contributed by atoms with van der Waals surface area (Å²) in [6.45, 7) is 7.24. The van der Waals surface area contributed by atoms with E-state index in [9.17, 15) is 4.79 Å². The Bertz CT molecular complexity index is 233. The summed E-state index contributed by atoms with van der Waals surface area (Å²) < 4.78 is 0. The Morgan fingerprint density at radius 3 is 2.82 bits per heavy atom. The Morgan fingerprint density at radius 1 is 1.47 bits per heavy atom. The number of carbonyl (C=O) groups is 1. The van der Waals surface area contributed by atoms with Crippen LogP contribution in [0.5, 0.6) is 0 Å². The zero-order valence-electron chi connectivity index (χ0n) is 11.1. The zero-order valence-corrected chi connectivity index (χ0v) is 11.1. The van der Waals surface area contributed by atoms with E-state index in [1.54, 1.807) is 6.92 Å². The number of amides is 1. The van der Waals surface area contributed by atoms with Gasteiger partial charge in [-0.25, -0.2) is 0 Å². The Morgan fingerprint density at radius 2 is 2.24 bits per heavy atom. The highest BCUT2D eigenvalue weighted by atomic mass is 16.2. The molecule has 2 unspecified atom stereocenters. The van der Waals surface area contributed by atoms with Gasteiger partial charge >= 0.3 is 0 Å². The smallest absolute Gasteiger partial charge is 0.217 e. The van der Waals surface area contributed by atoms with E-state index in [2.05, 4.69) is 17.1 Å². The monoisotopic (exact) mass is 242 g/mol. The lowest BCUT2D eigenvalue weighted by molar-refractivity contribution is -0.120. The standard InChI is InChI=1S/C13H26N2O2/c1-3-6-15-9-12(5-4-7-16)8-13(10-15)14-11(2)17/h12-13,16H,3-10H2,1-2H3,(H,14,17). The Labute approximate surface area is 104 Å². The fraction of sp³-hybridized carbons (Fsp3) is 0.923. The van der Waals surface area contributed by atoms with Crippen molar-refractivity contribution in [1.29, 1.82) is 0 Å². The van der Waals surface area contributed by atoms with Gasteiger partial charge in [0.05, 0.1) is 0 Å². The van der Waals surface area contributed by atoms with Gasteiger partial charge in [-0.15, -0.1) is 0 Å². The summed E-state index contributed by atoms with van der Waals surface area (Å²) >= 11 is 0. The maximum absolute atomic E-state index is 11.1. The first-order valence-electron chi connectivity index (χ1n) is 6.76. The normalized spacial score (nSPS) is 25.8. The van der Waals surface area contributed by atoms with E-state index >= 15 is 0 Å². The molecule has 0 aromatic carbocycles. The predicted octanol–water partition coefficient (Wildman–Crippen LogP) is 0.995. The molecule has 2 N–H and O–H groups in total. The van der Waals surface area contributed by atoms with Gasteiger partial charge < -0.3 is 15.3 Å². The van der Waals surface area contributed by atoms with E-state index in [0.717, 1.165) is 45.3 Å². The second kappa shape index (κ2) is 7.67. The number of hydrogen-bond donors (Lipinski definition) is 2. The molecule has 2 atom stereocenters. The van der Waals surface area contributed by atoms with Crippen LogP contribution in [-0.4, -0.2) is 48.2 Å². The van der Waals surface area contributed by atoms with Crippen LogP contribution in [-0.2, 0) is 4.79 Å². The molecule has 1 saturated heterocycles. The van der Waals surface area contributed by atoms with Gasteiger partial charge in [0, 0.05) is 32.7 Å². The first kappa shape index (κ1) is 14.5. The largest absolute Gasteiger partial charge is 0.396 e. The number of likely N-dealkylation sites (tertiary alicyclic amines) is 1. The molecule has 1 heterocycles. The van der Waals surface area contributed by atoms with Crippen molar-refractivity contribution >= 4 is 5.91 Å². The van der Waals surface area contributed by atoms with Crippen LogP contribution in [0.25, 0.3) is 0 Å². The van der Waals surface area contributed by atoms with Crippen LogP contribution in [0, 0.1) is 5.92 Å². The second-order valence-electron chi connectivity index (χ2n) is 5.12. The highest BCUT2D eigenvalue weighted by Crippen LogP contribution is 2.21. The summed E-state index contributed by atoms with van der Waals surface area (Å²) in [5, 5.41) is 11.9. The van der Waals surface area contributed by atoms with Gasteiger partial charge in [0.15, 0.2) is 0 Å². The van der Waals surface area contributed by atoms with Crippen LogP contribution in [0.4, 0.5) is 0 Å². The van der Waals surface area contributed by atoms with Crippen molar-refractivity contribution < 1.29 is 9.90 Å². The minimum absolute atomic E-state index is 0.0641. The third-order valence-corrected chi connectivity index (χ3v) is 3.33. The number of aliphatic hydroxyl groups is 1. The van der Waals surface area contributed by atoms with Gasteiger partial charge in [-0.05, 0) is 38.1 Å². The molecule has 1 aliphatic heterocycles. The summed E-state index contributed by atoms with van der Waals surface area (Å²) in [6.07, 6.45) is 4.14. The minimum atomic E-state index is 0.0641. The number of nitrogens with one attached hydrogen (secondary N) is 1. The maximum atomic E-state index is 11.1. The molecule has 1 aliphatic rings. The molecule has 1 amide bonds. The third kappa shape index (κ3) is 5.50. The fourth-order valence-electron chi connectivity index (χ4n) is 2.78. The molecule has 1 rings (SSSR count). The zero-order chi connectivity index (χ0) is 12.7. The number of hydrogen-bond acceptors (Lipinski definition) is 3. The lowest BCUT2D eigenvalue weighted by Gasteiger charge is -2.38. The third-order valence-electron chi connectivity index (χ3n) is 3.33. The van der Waals surface area contributed by atoms with Crippen LogP contribution in [0.15, 0.2) is 0 Å². The lowest BCUT2D eigenvalue weighted by Crippen LogP contribution is -2.50. The van der Waals surface area contributed by atoms with Gasteiger partial charge in [-0.2, -0.15) is 0 Å². The molecular weight excluding hydrogens is 216 g/mol. The average molecular weight is 242 g/mol. The summed E-state index contributed by atoms with van der Waals surface area (Å²) in [5.74, 6) is 0.675. The van der Waals surface area contributed by atoms with E-state index in [1.165, 1.54) is 0 Å². The number of rotatable bonds is 6. The minimum Gasteiger partial charge on any atom is -0.396 e. The average Bonchev–Trinajstić information content (AvgIpc) is 2.25. The van der Waals surface area contributed by atoms with Crippen LogP contribution in [0.3, 0.4) is 0 Å². The Kier molecular flexibility index (Phi) is 6.52. The van der Waals surface area contributed by atoms with Crippen LogP contribution in [0.2, 0.25) is 0 Å². The summed E-state index contributed by atoms with van der Waals surface area (Å²) in [4.78, 5) is 13.6. The van der Waals surface area contributed by atoms with E-state index in [1.807, 2.05) is 0 Å². The molecule has 0 radical (unpaired) electrons. The van der Waals surface area contributed by atoms with E-state index in [4.69, 9.17) is 5.11 Å².